The van der Waals surface area contributed by atoms with Gasteiger partial charge in [-0.25, -0.2) is 19.0 Å². The maximum atomic E-state index is 13.9. The second-order valence-corrected chi connectivity index (χ2v) is 8.03. The third-order valence-electron chi connectivity index (χ3n) is 5.57. The zero-order valence-corrected chi connectivity index (χ0v) is 17.9. The van der Waals surface area contributed by atoms with Crippen molar-refractivity contribution in [2.75, 3.05) is 32.1 Å². The summed E-state index contributed by atoms with van der Waals surface area (Å²) in [5.41, 5.74) is 3.54. The van der Waals surface area contributed by atoms with Crippen molar-refractivity contribution >= 4 is 11.9 Å². The predicted octanol–water partition coefficient (Wildman–Crippen LogP) is 2.99. The lowest BCUT2D eigenvalue weighted by molar-refractivity contribution is -0.131. The number of likely N-dealkylation sites (tertiary alicyclic amines) is 1. The number of hydrogen-bond acceptors (Lipinski definition) is 7. The molecule has 2 aromatic heterocycles. The van der Waals surface area contributed by atoms with Gasteiger partial charge in [-0.05, 0) is 37.5 Å². The SMILES string of the molecule is Cc1nonc1CC(=O)N1CCC[C@@H](c2nc(N(C)C)ncc2-c2cccc(F)c2)C1. The molecular weight excluding hydrogens is 399 g/mol. The van der Waals surface area contributed by atoms with Gasteiger partial charge in [-0.15, -0.1) is 0 Å². The molecule has 162 valence electrons. The van der Waals surface area contributed by atoms with E-state index >= 15 is 0 Å². The molecule has 1 aromatic carbocycles. The van der Waals surface area contributed by atoms with Crippen LogP contribution in [0.25, 0.3) is 11.1 Å². The topological polar surface area (TPSA) is 88.2 Å². The lowest BCUT2D eigenvalue weighted by Crippen LogP contribution is -2.40. The zero-order chi connectivity index (χ0) is 22.0. The zero-order valence-electron chi connectivity index (χ0n) is 17.9. The van der Waals surface area contributed by atoms with Crippen molar-refractivity contribution in [3.05, 3.63) is 53.4 Å². The fraction of sp³-hybridized carbons (Fsp3) is 0.409. The summed E-state index contributed by atoms with van der Waals surface area (Å²) in [6, 6.07) is 6.44. The van der Waals surface area contributed by atoms with Gasteiger partial charge in [0.05, 0.1) is 12.1 Å². The molecule has 1 aliphatic heterocycles. The summed E-state index contributed by atoms with van der Waals surface area (Å²) in [4.78, 5) is 25.8. The first-order chi connectivity index (χ1) is 14.9. The van der Waals surface area contributed by atoms with Gasteiger partial charge in [0, 0.05) is 44.9 Å². The van der Waals surface area contributed by atoms with E-state index in [1.54, 1.807) is 19.2 Å². The minimum absolute atomic E-state index is 0.0160. The van der Waals surface area contributed by atoms with Gasteiger partial charge in [0.1, 0.15) is 17.2 Å². The van der Waals surface area contributed by atoms with Crippen LogP contribution in [0.1, 0.15) is 35.8 Å². The third kappa shape index (κ3) is 4.55. The average molecular weight is 424 g/mol. The predicted molar refractivity (Wildman–Crippen MR) is 113 cm³/mol. The number of aryl methyl sites for hydroxylation is 1. The van der Waals surface area contributed by atoms with Crippen molar-refractivity contribution < 1.29 is 13.8 Å². The summed E-state index contributed by atoms with van der Waals surface area (Å²) in [5, 5.41) is 7.57. The molecule has 0 bridgehead atoms. The van der Waals surface area contributed by atoms with E-state index in [9.17, 15) is 9.18 Å². The number of hydrogen-bond donors (Lipinski definition) is 0. The first-order valence-electron chi connectivity index (χ1n) is 10.3. The summed E-state index contributed by atoms with van der Waals surface area (Å²) in [6.07, 6.45) is 3.65. The largest absolute Gasteiger partial charge is 0.347 e. The molecule has 0 aliphatic carbocycles. The average Bonchev–Trinajstić information content (AvgIpc) is 3.17. The van der Waals surface area contributed by atoms with Crippen molar-refractivity contribution in [1.29, 1.82) is 0 Å². The molecule has 0 radical (unpaired) electrons. The Balaban J connectivity index is 1.63. The second-order valence-electron chi connectivity index (χ2n) is 8.03. The first kappa shape index (κ1) is 20.9. The highest BCUT2D eigenvalue weighted by molar-refractivity contribution is 5.78. The van der Waals surface area contributed by atoms with Crippen LogP contribution >= 0.6 is 0 Å². The molecule has 0 spiro atoms. The summed E-state index contributed by atoms with van der Waals surface area (Å²) < 4.78 is 18.6. The van der Waals surface area contributed by atoms with Crippen LogP contribution in [0.15, 0.2) is 35.1 Å². The number of nitrogens with zero attached hydrogens (tertiary/aromatic N) is 6. The Morgan fingerprint density at radius 3 is 2.87 bits per heavy atom. The number of benzene rings is 1. The highest BCUT2D eigenvalue weighted by Crippen LogP contribution is 2.34. The minimum Gasteiger partial charge on any atom is -0.347 e. The van der Waals surface area contributed by atoms with Crippen LogP contribution in [0, 0.1) is 12.7 Å². The quantitative estimate of drug-likeness (QED) is 0.622. The van der Waals surface area contributed by atoms with Gasteiger partial charge in [-0.3, -0.25) is 4.79 Å². The molecular formula is C22H25FN6O2. The van der Waals surface area contributed by atoms with E-state index in [2.05, 4.69) is 15.3 Å². The number of carbonyl (C=O) groups is 1. The Kier molecular flexibility index (Phi) is 5.92. The van der Waals surface area contributed by atoms with E-state index in [0.717, 1.165) is 29.7 Å². The van der Waals surface area contributed by atoms with Crippen molar-refractivity contribution in [3.8, 4) is 11.1 Å². The van der Waals surface area contributed by atoms with Crippen molar-refractivity contribution in [2.24, 2.45) is 0 Å². The second kappa shape index (κ2) is 8.79. The molecule has 1 aliphatic rings. The maximum Gasteiger partial charge on any atom is 0.228 e. The maximum absolute atomic E-state index is 13.9. The van der Waals surface area contributed by atoms with Crippen LogP contribution in [-0.2, 0) is 11.2 Å². The molecule has 31 heavy (non-hydrogen) atoms. The van der Waals surface area contributed by atoms with Crippen LogP contribution in [0.4, 0.5) is 10.3 Å². The van der Waals surface area contributed by atoms with Gasteiger partial charge in [0.2, 0.25) is 11.9 Å². The van der Waals surface area contributed by atoms with E-state index < -0.39 is 0 Å². The van der Waals surface area contributed by atoms with Crippen molar-refractivity contribution in [3.63, 3.8) is 0 Å². The summed E-state index contributed by atoms with van der Waals surface area (Å²) in [6.45, 7) is 2.99. The Bertz CT molecular complexity index is 1080. The Labute approximate surface area is 180 Å². The van der Waals surface area contributed by atoms with Crippen molar-refractivity contribution in [1.82, 2.24) is 25.2 Å². The molecule has 4 rings (SSSR count). The highest BCUT2D eigenvalue weighted by atomic mass is 19.1. The van der Waals surface area contributed by atoms with E-state index in [1.807, 2.05) is 30.0 Å². The highest BCUT2D eigenvalue weighted by Gasteiger charge is 2.29. The van der Waals surface area contributed by atoms with Gasteiger partial charge >= 0.3 is 0 Å². The molecule has 8 nitrogen and oxygen atoms in total. The normalized spacial score (nSPS) is 16.4. The molecule has 3 heterocycles. The molecule has 1 amide bonds. The number of piperidine rings is 1. The van der Waals surface area contributed by atoms with Crippen LogP contribution in [-0.4, -0.2) is 58.3 Å². The Hall–Kier alpha value is -3.36. The molecule has 0 N–H and O–H groups in total. The smallest absolute Gasteiger partial charge is 0.228 e. The molecule has 0 saturated carbocycles. The Morgan fingerprint density at radius 1 is 1.32 bits per heavy atom. The Morgan fingerprint density at radius 2 is 2.16 bits per heavy atom. The molecule has 9 heteroatoms. The fourth-order valence-corrected chi connectivity index (χ4v) is 3.88. The van der Waals surface area contributed by atoms with Crippen LogP contribution in [0.5, 0.6) is 0 Å². The molecule has 1 atom stereocenters. The number of aromatic nitrogens is 4. The number of anilines is 1. The van der Waals surface area contributed by atoms with Crippen LogP contribution in [0.2, 0.25) is 0 Å². The standard InChI is InChI=1S/C22H25FN6O2/c1-14-19(27-31-26-14)11-20(30)29-9-5-7-16(13-29)21-18(12-24-22(25-21)28(2)3)15-6-4-8-17(23)10-15/h4,6,8,10,12,16H,5,7,9,11,13H2,1-3H3/t16-/m1/s1. The minimum atomic E-state index is -0.308. The van der Waals surface area contributed by atoms with Crippen LogP contribution < -0.4 is 4.90 Å². The monoisotopic (exact) mass is 424 g/mol. The molecule has 0 unspecified atom stereocenters. The summed E-state index contributed by atoms with van der Waals surface area (Å²) >= 11 is 0. The lowest BCUT2D eigenvalue weighted by atomic mass is 9.89. The fourth-order valence-electron chi connectivity index (χ4n) is 3.88. The molecule has 1 fully saturated rings. The molecule has 1 saturated heterocycles. The van der Waals surface area contributed by atoms with E-state index in [-0.39, 0.29) is 24.1 Å². The van der Waals surface area contributed by atoms with Gasteiger partial charge in [0.25, 0.3) is 0 Å². The van der Waals surface area contributed by atoms with Crippen LogP contribution in [0.3, 0.4) is 0 Å². The number of rotatable bonds is 5. The first-order valence-corrected chi connectivity index (χ1v) is 10.3. The van der Waals surface area contributed by atoms with Gasteiger partial charge in [0.15, 0.2) is 0 Å². The summed E-state index contributed by atoms with van der Waals surface area (Å²) in [5.74, 6) is 0.284. The van der Waals surface area contributed by atoms with E-state index in [0.29, 0.717) is 30.4 Å². The lowest BCUT2D eigenvalue weighted by Gasteiger charge is -2.33. The summed E-state index contributed by atoms with van der Waals surface area (Å²) in [7, 11) is 3.76. The number of halogens is 1. The number of carbonyl (C=O) groups excluding carboxylic acids is 1. The van der Waals surface area contributed by atoms with Gasteiger partial charge < -0.3 is 9.80 Å². The third-order valence-corrected chi connectivity index (χ3v) is 5.57. The molecule has 3 aromatic rings. The van der Waals surface area contributed by atoms with Crippen molar-refractivity contribution in [2.45, 2.75) is 32.1 Å². The number of amides is 1. The van der Waals surface area contributed by atoms with E-state index in [1.165, 1.54) is 12.1 Å². The van der Waals surface area contributed by atoms with Gasteiger partial charge in [-0.1, -0.05) is 22.4 Å². The van der Waals surface area contributed by atoms with Gasteiger partial charge in [-0.2, -0.15) is 0 Å². The van der Waals surface area contributed by atoms with E-state index in [4.69, 9.17) is 9.61 Å².